The van der Waals surface area contributed by atoms with E-state index in [0.29, 0.717) is 12.5 Å². The first-order chi connectivity index (χ1) is 7.29. The molecule has 0 saturated carbocycles. The molecule has 1 aromatic carbocycles. The van der Waals surface area contributed by atoms with Gasteiger partial charge in [0.1, 0.15) is 0 Å². The highest BCUT2D eigenvalue weighted by atomic mass is 15.1. The molecule has 0 aliphatic rings. The number of aromatic nitrogens is 2. The van der Waals surface area contributed by atoms with Gasteiger partial charge in [-0.15, -0.1) is 0 Å². The second kappa shape index (κ2) is 4.23. The van der Waals surface area contributed by atoms with E-state index in [4.69, 9.17) is 5.73 Å². The minimum absolute atomic E-state index is 0.186. The maximum Gasteiger partial charge on any atom is 0.223 e. The molecule has 3 N–H and O–H groups in total. The van der Waals surface area contributed by atoms with Gasteiger partial charge in [-0.25, -0.2) is 9.97 Å². The predicted molar refractivity (Wildman–Crippen MR) is 61.7 cm³/mol. The lowest BCUT2D eigenvalue weighted by atomic mass is 10.2. The molecule has 0 bridgehead atoms. The first kappa shape index (κ1) is 9.86. The zero-order valence-corrected chi connectivity index (χ0v) is 8.64. The second-order valence-corrected chi connectivity index (χ2v) is 3.53. The van der Waals surface area contributed by atoms with Crippen LogP contribution in [0.3, 0.4) is 0 Å². The van der Waals surface area contributed by atoms with E-state index in [2.05, 4.69) is 15.3 Å². The Kier molecular flexibility index (Phi) is 2.78. The van der Waals surface area contributed by atoms with Crippen molar-refractivity contribution < 1.29 is 0 Å². The molecule has 0 saturated heterocycles. The van der Waals surface area contributed by atoms with E-state index < -0.39 is 0 Å². The molecule has 0 radical (unpaired) electrons. The van der Waals surface area contributed by atoms with Crippen molar-refractivity contribution in [3.05, 3.63) is 30.5 Å². The van der Waals surface area contributed by atoms with Crippen LogP contribution in [0.1, 0.15) is 6.92 Å². The van der Waals surface area contributed by atoms with E-state index in [9.17, 15) is 0 Å². The van der Waals surface area contributed by atoms with Gasteiger partial charge in [0.15, 0.2) is 0 Å². The number of anilines is 1. The SMILES string of the molecule is CC(CN)Nc1ncc2ccccc2n1. The highest BCUT2D eigenvalue weighted by molar-refractivity contribution is 5.78. The summed E-state index contributed by atoms with van der Waals surface area (Å²) in [6, 6.07) is 8.08. The van der Waals surface area contributed by atoms with Crippen molar-refractivity contribution in [3.63, 3.8) is 0 Å². The summed E-state index contributed by atoms with van der Waals surface area (Å²) >= 11 is 0. The van der Waals surface area contributed by atoms with E-state index in [-0.39, 0.29) is 6.04 Å². The normalized spacial score (nSPS) is 12.7. The third-order valence-corrected chi connectivity index (χ3v) is 2.22. The van der Waals surface area contributed by atoms with E-state index in [1.165, 1.54) is 0 Å². The van der Waals surface area contributed by atoms with Crippen LogP contribution >= 0.6 is 0 Å². The molecule has 2 rings (SSSR count). The summed E-state index contributed by atoms with van der Waals surface area (Å²) in [6.45, 7) is 2.56. The Labute approximate surface area is 88.5 Å². The molecule has 0 aliphatic carbocycles. The number of hydrogen-bond donors (Lipinski definition) is 2. The number of benzene rings is 1. The quantitative estimate of drug-likeness (QED) is 0.789. The van der Waals surface area contributed by atoms with Gasteiger partial charge in [-0.05, 0) is 13.0 Å². The van der Waals surface area contributed by atoms with E-state index in [1.807, 2.05) is 37.4 Å². The molecule has 0 spiro atoms. The first-order valence-electron chi connectivity index (χ1n) is 4.98. The maximum atomic E-state index is 5.51. The average molecular weight is 202 g/mol. The fraction of sp³-hybridized carbons (Fsp3) is 0.273. The van der Waals surface area contributed by atoms with Crippen molar-refractivity contribution in [3.8, 4) is 0 Å². The van der Waals surface area contributed by atoms with Gasteiger partial charge < -0.3 is 11.1 Å². The summed E-state index contributed by atoms with van der Waals surface area (Å²) in [5.74, 6) is 0.631. The number of rotatable bonds is 3. The van der Waals surface area contributed by atoms with Crippen molar-refractivity contribution in [2.24, 2.45) is 5.73 Å². The smallest absolute Gasteiger partial charge is 0.223 e. The fourth-order valence-corrected chi connectivity index (χ4v) is 1.32. The lowest BCUT2D eigenvalue weighted by Crippen LogP contribution is -2.26. The van der Waals surface area contributed by atoms with Gasteiger partial charge in [-0.2, -0.15) is 0 Å². The van der Waals surface area contributed by atoms with Crippen LogP contribution in [0.25, 0.3) is 10.9 Å². The van der Waals surface area contributed by atoms with E-state index in [0.717, 1.165) is 10.9 Å². The molecule has 1 atom stereocenters. The van der Waals surface area contributed by atoms with Crippen LogP contribution in [0, 0.1) is 0 Å². The topological polar surface area (TPSA) is 63.8 Å². The van der Waals surface area contributed by atoms with E-state index in [1.54, 1.807) is 0 Å². The van der Waals surface area contributed by atoms with Crippen LogP contribution in [-0.2, 0) is 0 Å². The highest BCUT2D eigenvalue weighted by Crippen LogP contribution is 2.11. The second-order valence-electron chi connectivity index (χ2n) is 3.53. The molecule has 1 aromatic heterocycles. The fourth-order valence-electron chi connectivity index (χ4n) is 1.32. The Morgan fingerprint density at radius 2 is 2.20 bits per heavy atom. The predicted octanol–water partition coefficient (Wildman–Crippen LogP) is 1.39. The van der Waals surface area contributed by atoms with Gasteiger partial charge in [0.2, 0.25) is 5.95 Å². The average Bonchev–Trinajstić information content (AvgIpc) is 2.29. The molecule has 2 aromatic rings. The zero-order valence-electron chi connectivity index (χ0n) is 8.64. The van der Waals surface area contributed by atoms with Crippen molar-refractivity contribution >= 4 is 16.9 Å². The minimum atomic E-state index is 0.186. The third-order valence-electron chi connectivity index (χ3n) is 2.22. The van der Waals surface area contributed by atoms with Crippen LogP contribution in [-0.4, -0.2) is 22.6 Å². The molecule has 0 aliphatic heterocycles. The summed E-state index contributed by atoms with van der Waals surface area (Å²) in [4.78, 5) is 8.60. The van der Waals surface area contributed by atoms with Crippen molar-refractivity contribution in [1.82, 2.24) is 9.97 Å². The molecule has 1 unspecified atom stereocenters. The van der Waals surface area contributed by atoms with Crippen LogP contribution in [0.4, 0.5) is 5.95 Å². The van der Waals surface area contributed by atoms with Crippen molar-refractivity contribution in [2.45, 2.75) is 13.0 Å². The number of fused-ring (bicyclic) bond motifs is 1. The Morgan fingerprint density at radius 3 is 3.00 bits per heavy atom. The van der Waals surface area contributed by atoms with Crippen LogP contribution in [0.2, 0.25) is 0 Å². The Balaban J connectivity index is 2.30. The van der Waals surface area contributed by atoms with Crippen LogP contribution in [0.5, 0.6) is 0 Å². The molecule has 4 heteroatoms. The monoisotopic (exact) mass is 202 g/mol. The summed E-state index contributed by atoms with van der Waals surface area (Å²) < 4.78 is 0. The van der Waals surface area contributed by atoms with Gasteiger partial charge in [-0.3, -0.25) is 0 Å². The molecule has 1 heterocycles. The Hall–Kier alpha value is -1.68. The number of nitrogens with zero attached hydrogens (tertiary/aromatic N) is 2. The number of nitrogens with two attached hydrogens (primary N) is 1. The summed E-state index contributed by atoms with van der Waals surface area (Å²) in [6.07, 6.45) is 1.81. The lowest BCUT2D eigenvalue weighted by Gasteiger charge is -2.10. The Morgan fingerprint density at radius 1 is 1.40 bits per heavy atom. The lowest BCUT2D eigenvalue weighted by molar-refractivity contribution is 0.792. The maximum absolute atomic E-state index is 5.51. The third kappa shape index (κ3) is 2.22. The highest BCUT2D eigenvalue weighted by Gasteiger charge is 2.02. The van der Waals surface area contributed by atoms with E-state index >= 15 is 0 Å². The zero-order chi connectivity index (χ0) is 10.7. The van der Waals surface area contributed by atoms with Crippen molar-refractivity contribution in [2.75, 3.05) is 11.9 Å². The molecule has 0 amide bonds. The summed E-state index contributed by atoms with van der Waals surface area (Å²) in [5.41, 5.74) is 6.46. The van der Waals surface area contributed by atoms with Gasteiger partial charge in [-0.1, -0.05) is 18.2 Å². The summed E-state index contributed by atoms with van der Waals surface area (Å²) in [5, 5.41) is 4.18. The van der Waals surface area contributed by atoms with Gasteiger partial charge in [0, 0.05) is 24.2 Å². The van der Waals surface area contributed by atoms with Crippen molar-refractivity contribution in [1.29, 1.82) is 0 Å². The van der Waals surface area contributed by atoms with Crippen LogP contribution < -0.4 is 11.1 Å². The van der Waals surface area contributed by atoms with Gasteiger partial charge in [0.05, 0.1) is 5.52 Å². The Bertz CT molecular complexity index is 455. The number of para-hydroxylation sites is 1. The van der Waals surface area contributed by atoms with Gasteiger partial charge in [0.25, 0.3) is 0 Å². The summed E-state index contributed by atoms with van der Waals surface area (Å²) in [7, 11) is 0. The van der Waals surface area contributed by atoms with Gasteiger partial charge >= 0.3 is 0 Å². The first-order valence-corrected chi connectivity index (χ1v) is 4.98. The number of nitrogens with one attached hydrogen (secondary N) is 1. The molecule has 78 valence electrons. The molecular weight excluding hydrogens is 188 g/mol. The molecule has 15 heavy (non-hydrogen) atoms. The standard InChI is InChI=1S/C11H14N4/c1-8(6-12)14-11-13-7-9-4-2-3-5-10(9)15-11/h2-5,7-8H,6,12H2,1H3,(H,13,14,15). The molecule has 0 fully saturated rings. The largest absolute Gasteiger partial charge is 0.350 e. The molecular formula is C11H14N4. The van der Waals surface area contributed by atoms with Crippen LogP contribution in [0.15, 0.2) is 30.5 Å². The minimum Gasteiger partial charge on any atom is -0.350 e. The number of hydrogen-bond acceptors (Lipinski definition) is 4. The molecule has 4 nitrogen and oxygen atoms in total.